The smallest absolute Gasteiger partial charge is 0.338 e. The van der Waals surface area contributed by atoms with Crippen molar-refractivity contribution < 1.29 is 19.1 Å². The van der Waals surface area contributed by atoms with E-state index < -0.39 is 12.0 Å². The fourth-order valence-electron chi connectivity index (χ4n) is 4.27. The van der Waals surface area contributed by atoms with Gasteiger partial charge in [0.25, 0.3) is 0 Å². The maximum Gasteiger partial charge on any atom is 0.338 e. The fourth-order valence-corrected chi connectivity index (χ4v) is 5.21. The van der Waals surface area contributed by atoms with E-state index in [0.717, 1.165) is 22.0 Å². The molecule has 4 rings (SSSR count). The highest BCUT2D eigenvalue weighted by Crippen LogP contribution is 2.46. The Morgan fingerprint density at radius 1 is 1.11 bits per heavy atom. The molecule has 0 fully saturated rings. The zero-order valence-electron chi connectivity index (χ0n) is 20.4. The van der Waals surface area contributed by atoms with Gasteiger partial charge in [0.1, 0.15) is 5.75 Å². The molecular weight excluding hydrogens is 462 g/mol. The molecule has 0 spiro atoms. The Kier molecular flexibility index (Phi) is 7.60. The predicted molar refractivity (Wildman–Crippen MR) is 138 cm³/mol. The first-order valence-corrected chi connectivity index (χ1v) is 12.3. The van der Waals surface area contributed by atoms with Crippen LogP contribution in [0.2, 0.25) is 0 Å². The van der Waals surface area contributed by atoms with Gasteiger partial charge in [-0.25, -0.2) is 9.79 Å². The van der Waals surface area contributed by atoms with Gasteiger partial charge in [-0.2, -0.15) is 0 Å². The second kappa shape index (κ2) is 10.8. The second-order valence-electron chi connectivity index (χ2n) is 8.29. The first-order chi connectivity index (χ1) is 17.0. The first-order valence-electron chi connectivity index (χ1n) is 11.4. The number of rotatable bonds is 8. The molecule has 0 unspecified atom stereocenters. The average Bonchev–Trinajstić information content (AvgIpc) is 3.29. The van der Waals surface area contributed by atoms with E-state index in [0.29, 0.717) is 30.0 Å². The van der Waals surface area contributed by atoms with E-state index >= 15 is 0 Å². The number of amides is 1. The third-order valence-corrected chi connectivity index (χ3v) is 6.95. The Labute approximate surface area is 210 Å². The van der Waals surface area contributed by atoms with Crippen LogP contribution in [0.3, 0.4) is 0 Å². The van der Waals surface area contributed by atoms with Gasteiger partial charge in [-0.1, -0.05) is 61.2 Å². The molecule has 35 heavy (non-hydrogen) atoms. The summed E-state index contributed by atoms with van der Waals surface area (Å²) in [6.45, 7) is 2.49. The van der Waals surface area contributed by atoms with Crippen LogP contribution in [-0.2, 0) is 20.9 Å². The van der Waals surface area contributed by atoms with Crippen molar-refractivity contribution in [2.24, 2.45) is 4.99 Å². The molecule has 2 aliphatic heterocycles. The van der Waals surface area contributed by atoms with E-state index in [4.69, 9.17) is 14.5 Å². The number of nitrogens with zero attached hydrogens (tertiary/aromatic N) is 3. The van der Waals surface area contributed by atoms with Crippen LogP contribution in [0.25, 0.3) is 0 Å². The Morgan fingerprint density at radius 3 is 2.57 bits per heavy atom. The summed E-state index contributed by atoms with van der Waals surface area (Å²) in [5.41, 5.74) is 3.89. The van der Waals surface area contributed by atoms with Crippen LogP contribution in [0.15, 0.2) is 82.0 Å². The molecule has 2 aromatic carbocycles. The van der Waals surface area contributed by atoms with Crippen LogP contribution in [0.4, 0.5) is 0 Å². The zero-order chi connectivity index (χ0) is 24.9. The summed E-state index contributed by atoms with van der Waals surface area (Å²) in [7, 11) is 4.79. The van der Waals surface area contributed by atoms with Gasteiger partial charge in [-0.3, -0.25) is 4.79 Å². The normalized spacial score (nSPS) is 16.9. The van der Waals surface area contributed by atoms with Crippen molar-refractivity contribution in [3.8, 4) is 5.75 Å². The van der Waals surface area contributed by atoms with Crippen molar-refractivity contribution in [3.05, 3.63) is 88.1 Å². The summed E-state index contributed by atoms with van der Waals surface area (Å²) >= 11 is 1.47. The second-order valence-corrected chi connectivity index (χ2v) is 9.12. The van der Waals surface area contributed by atoms with Crippen LogP contribution in [0, 0.1) is 0 Å². The molecule has 182 valence electrons. The molecule has 2 aliphatic rings. The molecule has 1 atom stereocenters. The van der Waals surface area contributed by atoms with Gasteiger partial charge in [0.15, 0.2) is 5.17 Å². The van der Waals surface area contributed by atoms with Crippen molar-refractivity contribution in [1.82, 2.24) is 9.80 Å². The number of fused-ring (bicyclic) bond motifs is 1. The van der Waals surface area contributed by atoms with E-state index in [-0.39, 0.29) is 12.3 Å². The third-order valence-electron chi connectivity index (χ3n) is 6.06. The molecule has 0 bridgehead atoms. The number of aliphatic imine (C=N–C) groups is 1. The lowest BCUT2D eigenvalue weighted by atomic mass is 9.92. The number of hydrogen-bond acceptors (Lipinski definition) is 7. The fraction of sp³-hybridized carbons (Fsp3) is 0.296. The highest BCUT2D eigenvalue weighted by molar-refractivity contribution is 8.16. The molecule has 0 radical (unpaired) electrons. The van der Waals surface area contributed by atoms with Crippen LogP contribution in [0.5, 0.6) is 5.75 Å². The minimum Gasteiger partial charge on any atom is -0.497 e. The van der Waals surface area contributed by atoms with Crippen LogP contribution >= 0.6 is 11.8 Å². The lowest BCUT2D eigenvalue weighted by Gasteiger charge is -2.37. The summed E-state index contributed by atoms with van der Waals surface area (Å²) in [6, 6.07) is 17.0. The number of carbonyl (C=O) groups is 2. The summed E-state index contributed by atoms with van der Waals surface area (Å²) in [6.07, 6.45) is 0.766. The van der Waals surface area contributed by atoms with E-state index in [9.17, 15) is 9.59 Å². The van der Waals surface area contributed by atoms with E-state index in [2.05, 4.69) is 0 Å². The Hall–Kier alpha value is -3.52. The van der Waals surface area contributed by atoms with Crippen molar-refractivity contribution >= 4 is 28.8 Å². The number of ether oxygens (including phenoxy) is 2. The quantitative estimate of drug-likeness (QED) is 0.490. The molecule has 0 saturated carbocycles. The van der Waals surface area contributed by atoms with Crippen molar-refractivity contribution in [2.45, 2.75) is 32.4 Å². The molecule has 8 heteroatoms. The topological polar surface area (TPSA) is 71.4 Å². The number of amidine groups is 1. The van der Waals surface area contributed by atoms with E-state index in [1.165, 1.54) is 18.9 Å². The maximum absolute atomic E-state index is 13.2. The molecule has 0 N–H and O–H groups in total. The summed E-state index contributed by atoms with van der Waals surface area (Å²) in [4.78, 5) is 34.7. The lowest BCUT2D eigenvalue weighted by molar-refractivity contribution is -0.136. The number of hydrogen-bond donors (Lipinski definition) is 0. The van der Waals surface area contributed by atoms with E-state index in [1.54, 1.807) is 19.1 Å². The Bertz CT molecular complexity index is 1210. The van der Waals surface area contributed by atoms with Gasteiger partial charge in [-0.15, -0.1) is 0 Å². The maximum atomic E-state index is 13.2. The molecule has 7 nitrogen and oxygen atoms in total. The summed E-state index contributed by atoms with van der Waals surface area (Å²) in [5.74, 6) is 0.238. The molecule has 0 aliphatic carbocycles. The van der Waals surface area contributed by atoms with Gasteiger partial charge in [-0.05, 0) is 35.1 Å². The van der Waals surface area contributed by atoms with Gasteiger partial charge >= 0.3 is 5.97 Å². The Morgan fingerprint density at radius 2 is 1.89 bits per heavy atom. The molecule has 2 aromatic rings. The highest BCUT2D eigenvalue weighted by Gasteiger charge is 2.41. The van der Waals surface area contributed by atoms with Crippen LogP contribution in [-0.4, -0.2) is 48.1 Å². The minimum atomic E-state index is -0.478. The van der Waals surface area contributed by atoms with E-state index in [1.807, 2.05) is 71.8 Å². The number of benzene rings is 2. The molecular formula is C27H29N3O4S. The largest absolute Gasteiger partial charge is 0.497 e. The van der Waals surface area contributed by atoms with Crippen molar-refractivity contribution in [3.63, 3.8) is 0 Å². The van der Waals surface area contributed by atoms with Gasteiger partial charge in [0.05, 0.1) is 38.0 Å². The average molecular weight is 492 g/mol. The number of allylic oxidation sites excluding steroid dienone is 1. The predicted octanol–water partition coefficient (Wildman–Crippen LogP) is 4.88. The number of thioether (sulfide) groups is 1. The summed E-state index contributed by atoms with van der Waals surface area (Å²) in [5, 5.41) is 2.70. The lowest BCUT2D eigenvalue weighted by Crippen LogP contribution is -2.38. The Balaban J connectivity index is 1.67. The molecule has 2 heterocycles. The minimum absolute atomic E-state index is 0.0174. The van der Waals surface area contributed by atoms with Crippen molar-refractivity contribution in [1.29, 1.82) is 0 Å². The molecule has 0 aromatic heterocycles. The van der Waals surface area contributed by atoms with Gasteiger partial charge < -0.3 is 19.3 Å². The monoisotopic (exact) mass is 491 g/mol. The SMILES string of the molecule is CCC1=C(C(=O)OC)[C@@H](c2cccc(OC)c2)N2C(CC(=O)N(C)Cc3ccccc3)=CSC2=N1. The zero-order valence-corrected chi connectivity index (χ0v) is 21.2. The van der Waals surface area contributed by atoms with Crippen molar-refractivity contribution in [2.75, 3.05) is 21.3 Å². The number of esters is 1. The standard InChI is InChI=1S/C27H29N3O4S/c1-5-22-24(26(32)34-4)25(19-12-9-13-21(14-19)33-3)30-20(17-35-27(30)28-22)15-23(31)29(2)16-18-10-7-6-8-11-18/h6-14,17,25H,5,15-16H2,1-4H3/t25-/m1/s1. The van der Waals surface area contributed by atoms with Gasteiger partial charge in [0.2, 0.25) is 5.91 Å². The third kappa shape index (κ3) is 5.12. The van der Waals surface area contributed by atoms with Crippen LogP contribution in [0.1, 0.15) is 36.9 Å². The molecule has 0 saturated heterocycles. The summed E-state index contributed by atoms with van der Waals surface area (Å²) < 4.78 is 10.6. The van der Waals surface area contributed by atoms with Crippen LogP contribution < -0.4 is 4.74 Å². The number of carbonyl (C=O) groups excluding carboxylic acids is 2. The number of methoxy groups -OCH3 is 2. The highest BCUT2D eigenvalue weighted by atomic mass is 32.2. The molecule has 1 amide bonds. The first kappa shape index (κ1) is 24.6. The van der Waals surface area contributed by atoms with Gasteiger partial charge in [0, 0.05) is 19.3 Å².